The number of carbonyl (C=O) groups excluding carboxylic acids is 1. The molecule has 0 unspecified atom stereocenters. The van der Waals surface area contributed by atoms with E-state index in [2.05, 4.69) is 27.9 Å². The van der Waals surface area contributed by atoms with Crippen molar-refractivity contribution < 1.29 is 4.79 Å². The summed E-state index contributed by atoms with van der Waals surface area (Å²) in [4.78, 5) is 12.2. The van der Waals surface area contributed by atoms with Crippen molar-refractivity contribution in [2.24, 2.45) is 0 Å². The number of aromatic nitrogens is 2. The third-order valence-electron chi connectivity index (χ3n) is 3.82. The van der Waals surface area contributed by atoms with Gasteiger partial charge in [-0.25, -0.2) is 0 Å². The zero-order valence-electron chi connectivity index (χ0n) is 12.0. The second-order valence-corrected chi connectivity index (χ2v) is 5.32. The van der Waals surface area contributed by atoms with E-state index in [1.165, 1.54) is 11.1 Å². The van der Waals surface area contributed by atoms with Crippen molar-refractivity contribution in [2.45, 2.75) is 32.0 Å². The van der Waals surface area contributed by atoms with Gasteiger partial charge in [0.25, 0.3) is 0 Å². The molecule has 3 rings (SSSR count). The van der Waals surface area contributed by atoms with Crippen LogP contribution in [0.4, 0.5) is 0 Å². The van der Waals surface area contributed by atoms with E-state index in [-0.39, 0.29) is 11.9 Å². The van der Waals surface area contributed by atoms with E-state index < -0.39 is 0 Å². The lowest BCUT2D eigenvalue weighted by atomic mass is 9.95. The Balaban J connectivity index is 1.44. The van der Waals surface area contributed by atoms with Crippen LogP contribution in [0.2, 0.25) is 0 Å². The van der Waals surface area contributed by atoms with Gasteiger partial charge in [-0.1, -0.05) is 24.3 Å². The lowest BCUT2D eigenvalue weighted by Gasteiger charge is -2.25. The summed E-state index contributed by atoms with van der Waals surface area (Å²) in [6.07, 6.45) is 5.35. The molecule has 2 N–H and O–H groups in total. The fraction of sp³-hybridized carbons (Fsp3) is 0.375. The summed E-state index contributed by atoms with van der Waals surface area (Å²) >= 11 is 0. The zero-order valence-corrected chi connectivity index (χ0v) is 12.0. The molecule has 0 bridgehead atoms. The molecule has 1 aromatic heterocycles. The number of rotatable bonds is 5. The average Bonchev–Trinajstić information content (AvgIpc) is 3.04. The Kier molecular flexibility index (Phi) is 4.31. The average molecular weight is 284 g/mol. The molecule has 1 amide bonds. The standard InChI is InChI=1S/C16H20N4O/c21-16(17-7-3-9-20-10-4-8-19-20)15-11-13-5-1-2-6-14(13)12-18-15/h1-2,4-6,8,10,15,18H,3,7,9,11-12H2,(H,17,21)/t15-/m0/s1. The predicted octanol–water partition coefficient (Wildman–Crippen LogP) is 1.10. The van der Waals surface area contributed by atoms with Crippen LogP contribution < -0.4 is 10.6 Å². The molecule has 1 aliphatic rings. The molecule has 21 heavy (non-hydrogen) atoms. The van der Waals surface area contributed by atoms with Gasteiger partial charge < -0.3 is 10.6 Å². The van der Waals surface area contributed by atoms with Gasteiger partial charge in [-0.2, -0.15) is 5.10 Å². The van der Waals surface area contributed by atoms with Crippen molar-refractivity contribution in [1.82, 2.24) is 20.4 Å². The Hall–Kier alpha value is -2.14. The topological polar surface area (TPSA) is 59.0 Å². The van der Waals surface area contributed by atoms with Crippen molar-refractivity contribution >= 4 is 5.91 Å². The summed E-state index contributed by atoms with van der Waals surface area (Å²) in [7, 11) is 0. The summed E-state index contributed by atoms with van der Waals surface area (Å²) in [5.74, 6) is 0.0879. The summed E-state index contributed by atoms with van der Waals surface area (Å²) in [6, 6.07) is 10.1. The fourth-order valence-electron chi connectivity index (χ4n) is 2.65. The zero-order chi connectivity index (χ0) is 14.5. The Morgan fingerprint density at radius 1 is 1.33 bits per heavy atom. The molecule has 2 aromatic rings. The number of nitrogens with one attached hydrogen (secondary N) is 2. The maximum absolute atomic E-state index is 12.2. The Morgan fingerprint density at radius 3 is 3.00 bits per heavy atom. The molecule has 1 aliphatic heterocycles. The van der Waals surface area contributed by atoms with Crippen LogP contribution >= 0.6 is 0 Å². The molecule has 0 fully saturated rings. The SMILES string of the molecule is O=C(NCCCn1cccn1)[C@@H]1Cc2ccccc2CN1. The first-order chi connectivity index (χ1) is 10.3. The van der Waals surface area contributed by atoms with Gasteiger partial charge in [-0.3, -0.25) is 9.48 Å². The van der Waals surface area contributed by atoms with E-state index in [4.69, 9.17) is 0 Å². The van der Waals surface area contributed by atoms with Crippen LogP contribution in [0.1, 0.15) is 17.5 Å². The minimum Gasteiger partial charge on any atom is -0.355 e. The van der Waals surface area contributed by atoms with Crippen LogP contribution in [0, 0.1) is 0 Å². The Morgan fingerprint density at radius 2 is 2.19 bits per heavy atom. The molecule has 2 heterocycles. The van der Waals surface area contributed by atoms with Crippen LogP contribution in [0.3, 0.4) is 0 Å². The Labute approximate surface area is 124 Å². The molecule has 1 atom stereocenters. The molecule has 0 radical (unpaired) electrons. The minimum atomic E-state index is -0.121. The van der Waals surface area contributed by atoms with E-state index in [1.54, 1.807) is 6.20 Å². The molecule has 110 valence electrons. The van der Waals surface area contributed by atoms with Crippen LogP contribution in [-0.4, -0.2) is 28.3 Å². The van der Waals surface area contributed by atoms with Crippen LogP contribution in [0.5, 0.6) is 0 Å². The molecule has 0 aliphatic carbocycles. The van der Waals surface area contributed by atoms with Gasteiger partial charge in [0, 0.05) is 32.0 Å². The van der Waals surface area contributed by atoms with Crippen molar-refractivity contribution in [3.8, 4) is 0 Å². The number of fused-ring (bicyclic) bond motifs is 1. The van der Waals surface area contributed by atoms with Gasteiger partial charge in [0.1, 0.15) is 0 Å². The van der Waals surface area contributed by atoms with Crippen molar-refractivity contribution in [2.75, 3.05) is 6.54 Å². The van der Waals surface area contributed by atoms with Gasteiger partial charge in [0.15, 0.2) is 0 Å². The van der Waals surface area contributed by atoms with Crippen LogP contribution in [0.15, 0.2) is 42.7 Å². The summed E-state index contributed by atoms with van der Waals surface area (Å²) in [6.45, 7) is 2.27. The number of amides is 1. The van der Waals surface area contributed by atoms with Gasteiger partial charge in [0.2, 0.25) is 5.91 Å². The van der Waals surface area contributed by atoms with E-state index in [9.17, 15) is 4.79 Å². The molecule has 5 heteroatoms. The van der Waals surface area contributed by atoms with Gasteiger partial charge >= 0.3 is 0 Å². The quantitative estimate of drug-likeness (QED) is 0.809. The van der Waals surface area contributed by atoms with Crippen molar-refractivity contribution in [3.63, 3.8) is 0 Å². The predicted molar refractivity (Wildman–Crippen MR) is 80.6 cm³/mol. The van der Waals surface area contributed by atoms with E-state index in [1.807, 2.05) is 29.1 Å². The highest BCUT2D eigenvalue weighted by atomic mass is 16.2. The molecule has 1 aromatic carbocycles. The maximum Gasteiger partial charge on any atom is 0.237 e. The van der Waals surface area contributed by atoms with Gasteiger partial charge in [-0.15, -0.1) is 0 Å². The molecule has 5 nitrogen and oxygen atoms in total. The number of benzene rings is 1. The first kappa shape index (κ1) is 13.8. The molecule has 0 saturated carbocycles. The molecule has 0 spiro atoms. The highest BCUT2D eigenvalue weighted by Gasteiger charge is 2.23. The lowest BCUT2D eigenvalue weighted by Crippen LogP contribution is -2.47. The summed E-state index contributed by atoms with van der Waals surface area (Å²) in [5, 5.41) is 10.4. The number of aryl methyl sites for hydroxylation is 1. The second-order valence-electron chi connectivity index (χ2n) is 5.32. The third kappa shape index (κ3) is 3.49. The number of carbonyl (C=O) groups is 1. The summed E-state index contributed by atoms with van der Waals surface area (Å²) < 4.78 is 1.88. The third-order valence-corrected chi connectivity index (χ3v) is 3.82. The monoisotopic (exact) mass is 284 g/mol. The van der Waals surface area contributed by atoms with Crippen LogP contribution in [0.25, 0.3) is 0 Å². The molecular weight excluding hydrogens is 264 g/mol. The highest BCUT2D eigenvalue weighted by Crippen LogP contribution is 2.16. The van der Waals surface area contributed by atoms with Crippen LogP contribution in [-0.2, 0) is 24.3 Å². The summed E-state index contributed by atoms with van der Waals surface area (Å²) in [5.41, 5.74) is 2.56. The fourth-order valence-corrected chi connectivity index (χ4v) is 2.65. The van der Waals surface area contributed by atoms with Gasteiger partial charge in [-0.05, 0) is 30.0 Å². The number of hydrogen-bond donors (Lipinski definition) is 2. The first-order valence-electron chi connectivity index (χ1n) is 7.38. The number of nitrogens with zero attached hydrogens (tertiary/aromatic N) is 2. The minimum absolute atomic E-state index is 0.0879. The second kappa shape index (κ2) is 6.54. The van der Waals surface area contributed by atoms with Gasteiger partial charge in [0.05, 0.1) is 6.04 Å². The molecule has 0 saturated heterocycles. The first-order valence-corrected chi connectivity index (χ1v) is 7.38. The Bertz CT molecular complexity index is 594. The number of hydrogen-bond acceptors (Lipinski definition) is 3. The van der Waals surface area contributed by atoms with Crippen molar-refractivity contribution in [3.05, 3.63) is 53.9 Å². The largest absolute Gasteiger partial charge is 0.355 e. The van der Waals surface area contributed by atoms with Crippen molar-refractivity contribution in [1.29, 1.82) is 0 Å². The highest BCUT2D eigenvalue weighted by molar-refractivity contribution is 5.82. The normalized spacial score (nSPS) is 17.2. The van der Waals surface area contributed by atoms with E-state index in [0.717, 1.165) is 25.9 Å². The molecular formula is C16H20N4O. The lowest BCUT2D eigenvalue weighted by molar-refractivity contribution is -0.123. The van der Waals surface area contributed by atoms with E-state index >= 15 is 0 Å². The van der Waals surface area contributed by atoms with E-state index in [0.29, 0.717) is 6.54 Å². The maximum atomic E-state index is 12.2. The smallest absolute Gasteiger partial charge is 0.237 e.